The first kappa shape index (κ1) is 18.6. The molecule has 0 aliphatic heterocycles. The molecule has 0 saturated heterocycles. The molecule has 2 aromatic carbocycles. The van der Waals surface area contributed by atoms with Crippen molar-refractivity contribution >= 4 is 5.91 Å². The monoisotopic (exact) mass is 367 g/mol. The molecular formula is C20H21N3O4. The Kier molecular flexibility index (Phi) is 6.54. The molecule has 0 aliphatic carbocycles. The van der Waals surface area contributed by atoms with E-state index in [1.165, 1.54) is 0 Å². The predicted octanol–water partition coefficient (Wildman–Crippen LogP) is 3.32. The molecule has 140 valence electrons. The second-order valence-electron chi connectivity index (χ2n) is 5.77. The summed E-state index contributed by atoms with van der Waals surface area (Å²) in [5.74, 6) is 1.43. The van der Waals surface area contributed by atoms with Gasteiger partial charge < -0.3 is 9.26 Å². The third kappa shape index (κ3) is 5.65. The van der Waals surface area contributed by atoms with Gasteiger partial charge in [0.2, 0.25) is 17.6 Å². The van der Waals surface area contributed by atoms with Gasteiger partial charge in [0.25, 0.3) is 0 Å². The molecule has 0 saturated carbocycles. The van der Waals surface area contributed by atoms with E-state index in [4.69, 9.17) is 14.1 Å². The molecule has 0 aliphatic rings. The summed E-state index contributed by atoms with van der Waals surface area (Å²) in [5, 5.41) is 3.95. The molecule has 7 nitrogen and oxygen atoms in total. The maximum atomic E-state index is 11.8. The van der Waals surface area contributed by atoms with Crippen LogP contribution in [0.3, 0.4) is 0 Å². The number of nitrogens with zero attached hydrogens (tertiary/aromatic N) is 2. The van der Waals surface area contributed by atoms with Gasteiger partial charge in [0.05, 0.1) is 13.2 Å². The number of ether oxygens (including phenoxy) is 1. The highest BCUT2D eigenvalue weighted by molar-refractivity contribution is 5.74. The van der Waals surface area contributed by atoms with Gasteiger partial charge in [-0.2, -0.15) is 4.98 Å². The summed E-state index contributed by atoms with van der Waals surface area (Å²) in [7, 11) is 0. The van der Waals surface area contributed by atoms with E-state index in [0.29, 0.717) is 31.3 Å². The minimum absolute atomic E-state index is 0.194. The maximum absolute atomic E-state index is 11.8. The number of hydrogen-bond donors (Lipinski definition) is 1. The molecule has 0 spiro atoms. The number of benzene rings is 2. The fourth-order valence-corrected chi connectivity index (χ4v) is 2.39. The lowest BCUT2D eigenvalue weighted by atomic mass is 10.2. The van der Waals surface area contributed by atoms with Gasteiger partial charge in [0, 0.05) is 18.4 Å². The highest BCUT2D eigenvalue weighted by Crippen LogP contribution is 2.20. The van der Waals surface area contributed by atoms with Crippen LogP contribution in [0.25, 0.3) is 11.4 Å². The molecule has 3 rings (SSSR count). The van der Waals surface area contributed by atoms with E-state index >= 15 is 0 Å². The summed E-state index contributed by atoms with van der Waals surface area (Å²) in [6.07, 6.45) is 0.532. The van der Waals surface area contributed by atoms with Gasteiger partial charge in [-0.05, 0) is 36.8 Å². The molecule has 27 heavy (non-hydrogen) atoms. The number of aryl methyl sites for hydroxylation is 1. The number of nitrogens with one attached hydrogen (secondary N) is 1. The minimum Gasteiger partial charge on any atom is -0.494 e. The van der Waals surface area contributed by atoms with E-state index in [-0.39, 0.29) is 12.3 Å². The molecule has 0 bridgehead atoms. The third-order valence-corrected chi connectivity index (χ3v) is 3.73. The van der Waals surface area contributed by atoms with Crippen LogP contribution in [-0.4, -0.2) is 22.7 Å². The second kappa shape index (κ2) is 9.49. The number of rotatable bonds is 9. The zero-order chi connectivity index (χ0) is 18.9. The molecule has 1 N–H and O–H groups in total. The first-order valence-electron chi connectivity index (χ1n) is 8.75. The Bertz CT molecular complexity index is 847. The average Bonchev–Trinajstić information content (AvgIpc) is 3.17. The molecule has 0 fully saturated rings. The van der Waals surface area contributed by atoms with E-state index in [9.17, 15) is 4.79 Å². The van der Waals surface area contributed by atoms with Crippen molar-refractivity contribution in [3.05, 3.63) is 66.1 Å². The van der Waals surface area contributed by atoms with Crippen LogP contribution in [0.4, 0.5) is 0 Å². The number of aromatic nitrogens is 2. The van der Waals surface area contributed by atoms with Crippen molar-refractivity contribution in [3.63, 3.8) is 0 Å². The maximum Gasteiger partial charge on any atom is 0.244 e. The average molecular weight is 367 g/mol. The molecular weight excluding hydrogens is 346 g/mol. The topological polar surface area (TPSA) is 86.5 Å². The Morgan fingerprint density at radius 1 is 1.11 bits per heavy atom. The van der Waals surface area contributed by atoms with Crippen LogP contribution in [0.2, 0.25) is 0 Å². The minimum atomic E-state index is -0.244. The van der Waals surface area contributed by atoms with E-state index in [0.717, 1.165) is 16.9 Å². The Hall–Kier alpha value is -3.19. The lowest BCUT2D eigenvalue weighted by molar-refractivity contribution is -0.134. The normalized spacial score (nSPS) is 10.6. The van der Waals surface area contributed by atoms with Gasteiger partial charge >= 0.3 is 0 Å². The first-order chi connectivity index (χ1) is 13.2. The summed E-state index contributed by atoms with van der Waals surface area (Å²) in [5.41, 5.74) is 4.22. The molecule has 1 heterocycles. The van der Waals surface area contributed by atoms with Gasteiger partial charge in [0.15, 0.2) is 0 Å². The Morgan fingerprint density at radius 3 is 2.63 bits per heavy atom. The van der Waals surface area contributed by atoms with Gasteiger partial charge in [-0.15, -0.1) is 0 Å². The fraction of sp³-hybridized carbons (Fsp3) is 0.250. The fourth-order valence-electron chi connectivity index (χ4n) is 2.39. The summed E-state index contributed by atoms with van der Waals surface area (Å²) in [6, 6.07) is 17.0. The highest BCUT2D eigenvalue weighted by atomic mass is 16.6. The van der Waals surface area contributed by atoms with Crippen LogP contribution in [-0.2, 0) is 22.7 Å². The van der Waals surface area contributed by atoms with Crippen molar-refractivity contribution in [2.75, 3.05) is 6.61 Å². The lowest BCUT2D eigenvalue weighted by Crippen LogP contribution is -2.23. The summed E-state index contributed by atoms with van der Waals surface area (Å²) < 4.78 is 10.6. The quantitative estimate of drug-likeness (QED) is 0.584. The summed E-state index contributed by atoms with van der Waals surface area (Å²) in [6.45, 7) is 2.86. The molecule has 1 amide bonds. The van der Waals surface area contributed by atoms with E-state index in [1.807, 2.05) is 61.5 Å². The number of carbonyl (C=O) groups is 1. The van der Waals surface area contributed by atoms with Crippen molar-refractivity contribution in [2.45, 2.75) is 26.4 Å². The number of hydroxylamine groups is 1. The zero-order valence-corrected chi connectivity index (χ0v) is 15.1. The van der Waals surface area contributed by atoms with Crippen molar-refractivity contribution in [3.8, 4) is 17.1 Å². The van der Waals surface area contributed by atoms with Crippen LogP contribution in [0, 0.1) is 0 Å². The van der Waals surface area contributed by atoms with Crippen molar-refractivity contribution < 1.29 is 18.9 Å². The van der Waals surface area contributed by atoms with Crippen LogP contribution in [0.15, 0.2) is 59.1 Å². The van der Waals surface area contributed by atoms with Gasteiger partial charge in [-0.1, -0.05) is 35.5 Å². The smallest absolute Gasteiger partial charge is 0.244 e. The van der Waals surface area contributed by atoms with Crippen LogP contribution >= 0.6 is 0 Å². The Morgan fingerprint density at radius 2 is 1.89 bits per heavy atom. The molecule has 0 radical (unpaired) electrons. The predicted molar refractivity (Wildman–Crippen MR) is 98.6 cm³/mol. The van der Waals surface area contributed by atoms with Crippen LogP contribution in [0.5, 0.6) is 5.75 Å². The number of hydrogen-bond acceptors (Lipinski definition) is 6. The van der Waals surface area contributed by atoms with E-state index in [2.05, 4.69) is 15.6 Å². The Balaban J connectivity index is 1.44. The van der Waals surface area contributed by atoms with Crippen LogP contribution < -0.4 is 10.2 Å². The number of carbonyl (C=O) groups excluding carboxylic acids is 1. The molecule has 0 atom stereocenters. The lowest BCUT2D eigenvalue weighted by Gasteiger charge is -2.04. The molecule has 0 unspecified atom stereocenters. The summed E-state index contributed by atoms with van der Waals surface area (Å²) in [4.78, 5) is 21.4. The van der Waals surface area contributed by atoms with Gasteiger partial charge in [-0.25, -0.2) is 5.48 Å². The SMILES string of the molecule is CCOc1ccc(-c2noc(CCC(=O)NOCc3ccccc3)n2)cc1. The zero-order valence-electron chi connectivity index (χ0n) is 15.1. The Labute approximate surface area is 157 Å². The second-order valence-corrected chi connectivity index (χ2v) is 5.77. The molecule has 3 aromatic rings. The van der Waals surface area contributed by atoms with E-state index in [1.54, 1.807) is 0 Å². The van der Waals surface area contributed by atoms with Crippen molar-refractivity contribution in [2.24, 2.45) is 0 Å². The van der Waals surface area contributed by atoms with Crippen molar-refractivity contribution in [1.29, 1.82) is 0 Å². The third-order valence-electron chi connectivity index (χ3n) is 3.73. The van der Waals surface area contributed by atoms with Crippen LogP contribution in [0.1, 0.15) is 24.8 Å². The summed E-state index contributed by atoms with van der Waals surface area (Å²) >= 11 is 0. The first-order valence-corrected chi connectivity index (χ1v) is 8.75. The highest BCUT2D eigenvalue weighted by Gasteiger charge is 2.11. The van der Waals surface area contributed by atoms with E-state index < -0.39 is 0 Å². The molecule has 7 heteroatoms. The molecule has 1 aromatic heterocycles. The standard InChI is InChI=1S/C20H21N3O4/c1-2-25-17-10-8-16(9-11-17)20-21-19(27-23-20)13-12-18(24)22-26-14-15-6-4-3-5-7-15/h3-11H,2,12-14H2,1H3,(H,22,24). The van der Waals surface area contributed by atoms with Gasteiger partial charge in [-0.3, -0.25) is 9.63 Å². The van der Waals surface area contributed by atoms with Crippen molar-refractivity contribution in [1.82, 2.24) is 15.6 Å². The number of amides is 1. The largest absolute Gasteiger partial charge is 0.494 e. The van der Waals surface area contributed by atoms with Gasteiger partial charge in [0.1, 0.15) is 5.75 Å².